The van der Waals surface area contributed by atoms with Gasteiger partial charge in [-0.15, -0.1) is 0 Å². The van der Waals surface area contributed by atoms with Gasteiger partial charge in [0.25, 0.3) is 0 Å². The standard InChI is InChI=1S/C51H31ClF12N4/c1-68-28-33-40(29-14-6-2-7-15-29)34-22-23-35(65-34)41(30-16-8-3-9-17-30)36-24-25-37(66-36)42(31-18-10-4-11-19-31)38-26-27-39(67-38)43(32-20-12-5-13-21-32)45(68)44(33)46(53,54)47(55,56)48(57,58)49(59,60)50(61,62)51(52,63)64/h2-28,66H,1H3. The number of H-pyrrole nitrogens is 1. The molecule has 9 rings (SSSR count). The van der Waals surface area contributed by atoms with Gasteiger partial charge in [0.15, 0.2) is 0 Å². The normalized spacial score (nSPS) is 16.0. The van der Waals surface area contributed by atoms with Gasteiger partial charge in [0.05, 0.1) is 34.1 Å². The van der Waals surface area contributed by atoms with E-state index in [4.69, 9.17) is 9.98 Å². The zero-order chi connectivity index (χ0) is 48.6. The van der Waals surface area contributed by atoms with Gasteiger partial charge in [-0.3, -0.25) is 0 Å². The highest BCUT2D eigenvalue weighted by atomic mass is 35.5. The van der Waals surface area contributed by atoms with Crippen LogP contribution in [-0.2, 0) is 13.0 Å². The number of aromatic amines is 1. The highest BCUT2D eigenvalue weighted by molar-refractivity contribution is 6.31. The lowest BCUT2D eigenvalue weighted by molar-refractivity contribution is -0.419. The van der Waals surface area contributed by atoms with Crippen molar-refractivity contribution in [1.29, 1.82) is 0 Å². The number of aromatic nitrogens is 2. The molecule has 0 spiro atoms. The maximum atomic E-state index is 17.7. The number of alkyl halides is 13. The SMILES string of the molecule is Cn1cc2c(C(F)(F)C(F)(F)C(F)(F)C(F)(F)C(F)(F)C(F)(F)Cl)c1C(c1ccccc1)=C1C=CC(=N1)C(c1ccccc1)=c1ccc([nH]1)=C(c1ccccc1)C1=NC(=C2c2ccccc2)C=C1. The fourth-order valence-corrected chi connectivity index (χ4v) is 8.60. The first kappa shape index (κ1) is 46.1. The van der Waals surface area contributed by atoms with E-state index in [1.807, 2.05) is 0 Å². The minimum absolute atomic E-state index is 0.0262. The van der Waals surface area contributed by atoms with Crippen molar-refractivity contribution in [3.8, 4) is 0 Å². The third-order valence-electron chi connectivity index (χ3n) is 11.7. The Bertz CT molecular complexity index is 3290. The van der Waals surface area contributed by atoms with Gasteiger partial charge in [0, 0.05) is 51.8 Å². The summed E-state index contributed by atoms with van der Waals surface area (Å²) in [5.41, 5.74) is -2.95. The molecular weight excluding hydrogens is 932 g/mol. The van der Waals surface area contributed by atoms with Gasteiger partial charge in [0.2, 0.25) is 0 Å². The van der Waals surface area contributed by atoms with Crippen LogP contribution in [0.5, 0.6) is 0 Å². The van der Waals surface area contributed by atoms with Gasteiger partial charge < -0.3 is 9.55 Å². The number of aryl methyl sites for hydroxylation is 1. The molecule has 0 amide bonds. The molecule has 5 heterocycles. The second-order valence-electron chi connectivity index (χ2n) is 15.9. The van der Waals surface area contributed by atoms with Crippen LogP contribution in [0.2, 0.25) is 0 Å². The van der Waals surface area contributed by atoms with Crippen LogP contribution in [0.15, 0.2) is 185 Å². The average Bonchev–Trinajstić information content (AvgIpc) is 4.14. The molecule has 0 fully saturated rings. The number of aliphatic imine (C=N–C) groups is 2. The van der Waals surface area contributed by atoms with Crippen LogP contribution < -0.4 is 10.7 Å². The molecule has 4 aromatic carbocycles. The zero-order valence-corrected chi connectivity index (χ0v) is 35.6. The number of hydrogen-bond donors (Lipinski definition) is 1. The Morgan fingerprint density at radius 3 is 1.22 bits per heavy atom. The molecule has 68 heavy (non-hydrogen) atoms. The molecule has 8 bridgehead atoms. The molecule has 2 aromatic heterocycles. The van der Waals surface area contributed by atoms with E-state index in [0.29, 0.717) is 33.0 Å². The van der Waals surface area contributed by atoms with Crippen LogP contribution in [0.25, 0.3) is 22.3 Å². The quantitative estimate of drug-likeness (QED) is 0.105. The minimum Gasteiger partial charge on any atom is -0.354 e. The van der Waals surface area contributed by atoms with Crippen molar-refractivity contribution in [3.63, 3.8) is 0 Å². The second-order valence-corrected chi connectivity index (χ2v) is 16.4. The lowest BCUT2D eigenvalue weighted by atomic mass is 9.84. The second kappa shape index (κ2) is 16.3. The van der Waals surface area contributed by atoms with Gasteiger partial charge in [-0.25, -0.2) is 9.98 Å². The summed E-state index contributed by atoms with van der Waals surface area (Å²) in [4.78, 5) is 13.1. The summed E-state index contributed by atoms with van der Waals surface area (Å²) in [6.45, 7) is 0. The summed E-state index contributed by atoms with van der Waals surface area (Å²) < 4.78 is 188. The molecule has 0 aliphatic carbocycles. The largest absolute Gasteiger partial charge is 0.393 e. The predicted molar refractivity (Wildman–Crippen MR) is 236 cm³/mol. The molecule has 0 saturated carbocycles. The Hall–Kier alpha value is -7.07. The fraction of sp³-hybridized carbons (Fsp3) is 0.137. The van der Waals surface area contributed by atoms with Crippen molar-refractivity contribution in [2.75, 3.05) is 0 Å². The van der Waals surface area contributed by atoms with Crippen LogP contribution in [0, 0.1) is 0 Å². The first-order valence-electron chi connectivity index (χ1n) is 20.4. The molecule has 0 atom stereocenters. The molecule has 0 saturated heterocycles. The van der Waals surface area contributed by atoms with Gasteiger partial charge in [0.1, 0.15) is 0 Å². The molecule has 0 unspecified atom stereocenters. The van der Waals surface area contributed by atoms with Gasteiger partial charge in [-0.2, -0.15) is 52.7 Å². The van der Waals surface area contributed by atoms with E-state index in [2.05, 4.69) is 16.6 Å². The number of fused-ring (bicyclic) bond motifs is 6. The van der Waals surface area contributed by atoms with Crippen LogP contribution in [0.3, 0.4) is 0 Å². The molecule has 6 aromatic rings. The summed E-state index contributed by atoms with van der Waals surface area (Å²) in [5, 5.41) is -5.62. The Balaban J connectivity index is 1.48. The first-order valence-corrected chi connectivity index (χ1v) is 20.8. The van der Waals surface area contributed by atoms with E-state index in [0.717, 1.165) is 17.8 Å². The predicted octanol–water partition coefficient (Wildman–Crippen LogP) is 12.5. The summed E-state index contributed by atoms with van der Waals surface area (Å²) >= 11 is 4.10. The zero-order valence-electron chi connectivity index (χ0n) is 34.8. The van der Waals surface area contributed by atoms with Crippen LogP contribution in [0.4, 0.5) is 52.7 Å². The molecule has 3 aliphatic heterocycles. The van der Waals surface area contributed by atoms with E-state index >= 15 is 35.1 Å². The van der Waals surface area contributed by atoms with Crippen molar-refractivity contribution < 1.29 is 52.7 Å². The Morgan fingerprint density at radius 1 is 0.441 bits per heavy atom. The highest BCUT2D eigenvalue weighted by Gasteiger charge is 2.90. The number of benzene rings is 4. The fourth-order valence-electron chi connectivity index (χ4n) is 8.48. The molecule has 4 nitrogen and oxygen atoms in total. The van der Waals surface area contributed by atoms with E-state index in [-0.39, 0.29) is 33.9 Å². The lowest BCUT2D eigenvalue weighted by Gasteiger charge is -2.40. The first-order chi connectivity index (χ1) is 32.1. The van der Waals surface area contributed by atoms with Crippen LogP contribution in [0.1, 0.15) is 39.1 Å². The Labute approximate surface area is 383 Å². The topological polar surface area (TPSA) is 45.4 Å². The Morgan fingerprint density at radius 2 is 0.809 bits per heavy atom. The third-order valence-corrected chi connectivity index (χ3v) is 12.0. The van der Waals surface area contributed by atoms with E-state index in [9.17, 15) is 17.6 Å². The highest BCUT2D eigenvalue weighted by Crippen LogP contribution is 2.64. The molecule has 3 aliphatic rings. The molecule has 346 valence electrons. The third kappa shape index (κ3) is 7.10. The lowest BCUT2D eigenvalue weighted by Crippen LogP contribution is -2.69. The van der Waals surface area contributed by atoms with Crippen LogP contribution >= 0.6 is 11.6 Å². The molecule has 0 radical (unpaired) electrons. The summed E-state index contributed by atoms with van der Waals surface area (Å²) in [5.74, 6) is -37.6. The number of rotatable bonds is 10. The Kier molecular flexibility index (Phi) is 11.1. The number of halogens is 13. The molecular formula is C51H31ClF12N4. The monoisotopic (exact) mass is 962 g/mol. The average molecular weight is 963 g/mol. The number of nitrogens with zero attached hydrogens (tertiary/aromatic N) is 3. The van der Waals surface area contributed by atoms with E-state index in [1.54, 1.807) is 72.8 Å². The van der Waals surface area contributed by atoms with Crippen molar-refractivity contribution in [2.24, 2.45) is 17.0 Å². The van der Waals surface area contributed by atoms with Gasteiger partial charge in [-0.05, 0) is 70.3 Å². The molecule has 17 heteroatoms. The van der Waals surface area contributed by atoms with Gasteiger partial charge >= 0.3 is 35.0 Å². The van der Waals surface area contributed by atoms with Crippen LogP contribution in [-0.4, -0.2) is 50.0 Å². The van der Waals surface area contributed by atoms with E-state index in [1.165, 1.54) is 85.0 Å². The summed E-state index contributed by atoms with van der Waals surface area (Å²) in [6, 6.07) is 35.3. The summed E-state index contributed by atoms with van der Waals surface area (Å²) in [6.07, 6.45) is 6.53. The molecule has 1 N–H and O–H groups in total. The number of allylic oxidation sites excluding steroid dienone is 4. The minimum atomic E-state index is -7.93. The van der Waals surface area contributed by atoms with Crippen molar-refractivity contribution in [3.05, 3.63) is 225 Å². The maximum absolute atomic E-state index is 17.7. The van der Waals surface area contributed by atoms with Gasteiger partial charge in [-0.1, -0.05) is 121 Å². The summed E-state index contributed by atoms with van der Waals surface area (Å²) in [7, 11) is 1.09. The van der Waals surface area contributed by atoms with E-state index < -0.39 is 63.0 Å². The smallest absolute Gasteiger partial charge is 0.354 e. The number of nitrogens with one attached hydrogen (secondary N) is 1. The van der Waals surface area contributed by atoms with Crippen molar-refractivity contribution in [2.45, 2.75) is 35.0 Å². The van der Waals surface area contributed by atoms with Crippen molar-refractivity contribution in [1.82, 2.24) is 9.55 Å². The van der Waals surface area contributed by atoms with Crippen molar-refractivity contribution >= 4 is 45.3 Å². The number of hydrogen-bond acceptors (Lipinski definition) is 2. The maximum Gasteiger partial charge on any atom is 0.393 e.